The van der Waals surface area contributed by atoms with Crippen LogP contribution in [0.4, 0.5) is 17.6 Å². The van der Waals surface area contributed by atoms with Crippen molar-refractivity contribution in [3.63, 3.8) is 0 Å². The van der Waals surface area contributed by atoms with Crippen molar-refractivity contribution in [1.82, 2.24) is 0 Å². The van der Waals surface area contributed by atoms with E-state index < -0.39 is 32.3 Å². The zero-order valence-corrected chi connectivity index (χ0v) is 11.7. The zero-order valence-electron chi connectivity index (χ0n) is 10.2. The minimum Gasteiger partial charge on any atom is -0.219 e. The molecule has 0 aliphatic carbocycles. The van der Waals surface area contributed by atoms with Crippen LogP contribution in [0.1, 0.15) is 5.56 Å². The first-order valence-electron chi connectivity index (χ1n) is 5.50. The third-order valence-corrected chi connectivity index (χ3v) is 4.70. The number of benzene rings is 2. The van der Waals surface area contributed by atoms with Gasteiger partial charge in [0.05, 0.1) is 15.4 Å². The van der Waals surface area contributed by atoms with E-state index in [2.05, 4.69) is 0 Å². The van der Waals surface area contributed by atoms with E-state index in [4.69, 9.17) is 11.6 Å². The van der Waals surface area contributed by atoms with Gasteiger partial charge >= 0.3 is 6.18 Å². The van der Waals surface area contributed by atoms with Crippen molar-refractivity contribution in [2.24, 2.45) is 0 Å². The molecule has 2 aromatic rings. The van der Waals surface area contributed by atoms with Crippen LogP contribution in [0.5, 0.6) is 0 Å². The predicted molar refractivity (Wildman–Crippen MR) is 68.3 cm³/mol. The first kappa shape index (κ1) is 15.8. The average Bonchev–Trinajstić information content (AvgIpc) is 2.38. The molecule has 0 spiro atoms. The van der Waals surface area contributed by atoms with Crippen LogP contribution in [0.25, 0.3) is 0 Å². The maximum atomic E-state index is 13.2. The Balaban J connectivity index is 2.58. The molecule has 0 amide bonds. The molecule has 112 valence electrons. The summed E-state index contributed by atoms with van der Waals surface area (Å²) < 4.78 is 75.4. The summed E-state index contributed by atoms with van der Waals surface area (Å²) in [4.78, 5) is -0.870. The zero-order chi connectivity index (χ0) is 15.8. The van der Waals surface area contributed by atoms with Gasteiger partial charge in [-0.3, -0.25) is 0 Å². The highest BCUT2D eigenvalue weighted by atomic mass is 35.5. The van der Waals surface area contributed by atoms with Crippen molar-refractivity contribution < 1.29 is 26.0 Å². The largest absolute Gasteiger partial charge is 0.419 e. The highest BCUT2D eigenvalue weighted by molar-refractivity contribution is 7.91. The minimum absolute atomic E-state index is 0.230. The normalized spacial score (nSPS) is 12.4. The third kappa shape index (κ3) is 3.19. The van der Waals surface area contributed by atoms with Crippen LogP contribution in [0.2, 0.25) is 5.02 Å². The Morgan fingerprint density at radius 3 is 1.95 bits per heavy atom. The Morgan fingerprint density at radius 1 is 0.905 bits per heavy atom. The third-order valence-electron chi connectivity index (χ3n) is 2.68. The fourth-order valence-electron chi connectivity index (χ4n) is 1.64. The van der Waals surface area contributed by atoms with E-state index in [9.17, 15) is 26.0 Å². The Bertz CT molecular complexity index is 768. The molecular weight excluding hydrogens is 332 g/mol. The van der Waals surface area contributed by atoms with Crippen LogP contribution in [0.15, 0.2) is 52.3 Å². The van der Waals surface area contributed by atoms with E-state index in [1.165, 1.54) is 12.1 Å². The van der Waals surface area contributed by atoms with E-state index in [0.29, 0.717) is 6.07 Å². The number of hydrogen-bond acceptors (Lipinski definition) is 2. The number of rotatable bonds is 2. The van der Waals surface area contributed by atoms with Gasteiger partial charge in [-0.25, -0.2) is 12.8 Å². The second-order valence-electron chi connectivity index (χ2n) is 4.10. The molecule has 0 aromatic heterocycles. The SMILES string of the molecule is O=S(=O)(c1ccc(Cl)cc1)c1ccc(F)c(C(F)(F)F)c1. The topological polar surface area (TPSA) is 34.1 Å². The van der Waals surface area contributed by atoms with Gasteiger partial charge in [-0.2, -0.15) is 13.2 Å². The fraction of sp³-hybridized carbons (Fsp3) is 0.0769. The Morgan fingerprint density at radius 2 is 1.43 bits per heavy atom. The van der Waals surface area contributed by atoms with Crippen molar-refractivity contribution in [2.75, 3.05) is 0 Å². The van der Waals surface area contributed by atoms with Gasteiger partial charge in [0, 0.05) is 5.02 Å². The van der Waals surface area contributed by atoms with Gasteiger partial charge in [-0.1, -0.05) is 11.6 Å². The molecule has 0 unspecified atom stereocenters. The van der Waals surface area contributed by atoms with Crippen LogP contribution in [0.3, 0.4) is 0 Å². The van der Waals surface area contributed by atoms with Gasteiger partial charge in [-0.15, -0.1) is 0 Å². The molecule has 0 radical (unpaired) electrons. The number of sulfone groups is 1. The summed E-state index contributed by atoms with van der Waals surface area (Å²) in [6.07, 6.45) is -4.98. The summed E-state index contributed by atoms with van der Waals surface area (Å²) in [5, 5.41) is 0.282. The molecular formula is C13H7ClF4O2S. The van der Waals surface area contributed by atoms with E-state index in [0.717, 1.165) is 18.2 Å². The molecule has 0 heterocycles. The molecule has 8 heteroatoms. The van der Waals surface area contributed by atoms with E-state index in [1.54, 1.807) is 0 Å². The lowest BCUT2D eigenvalue weighted by Gasteiger charge is -2.10. The summed E-state index contributed by atoms with van der Waals surface area (Å²) >= 11 is 5.62. The lowest BCUT2D eigenvalue weighted by Crippen LogP contribution is -2.10. The Kier molecular flexibility index (Phi) is 3.99. The highest BCUT2D eigenvalue weighted by Crippen LogP contribution is 2.34. The molecule has 0 bridgehead atoms. The lowest BCUT2D eigenvalue weighted by atomic mass is 10.2. The predicted octanol–water partition coefficient (Wildman–Crippen LogP) is 4.33. The summed E-state index contributed by atoms with van der Waals surface area (Å²) in [5.41, 5.74) is -1.63. The molecule has 0 saturated heterocycles. The van der Waals surface area contributed by atoms with Gasteiger partial charge in [0.15, 0.2) is 0 Å². The number of halogens is 5. The van der Waals surface area contributed by atoms with Gasteiger partial charge in [-0.05, 0) is 42.5 Å². The van der Waals surface area contributed by atoms with Crippen LogP contribution < -0.4 is 0 Å². The minimum atomic E-state index is -4.98. The molecule has 2 rings (SSSR count). The molecule has 2 nitrogen and oxygen atoms in total. The van der Waals surface area contributed by atoms with Gasteiger partial charge < -0.3 is 0 Å². The van der Waals surface area contributed by atoms with Gasteiger partial charge in [0.1, 0.15) is 5.82 Å². The van der Waals surface area contributed by atoms with E-state index in [1.807, 2.05) is 0 Å². The van der Waals surface area contributed by atoms with Crippen molar-refractivity contribution in [3.05, 3.63) is 58.9 Å². The summed E-state index contributed by atoms with van der Waals surface area (Å²) in [7, 11) is -4.18. The van der Waals surface area contributed by atoms with E-state index >= 15 is 0 Å². The average molecular weight is 339 g/mol. The summed E-state index contributed by atoms with van der Waals surface area (Å²) in [5.74, 6) is -1.53. The maximum Gasteiger partial charge on any atom is 0.419 e. The monoisotopic (exact) mass is 338 g/mol. The van der Waals surface area contributed by atoms with E-state index in [-0.39, 0.29) is 16.0 Å². The van der Waals surface area contributed by atoms with Crippen LogP contribution in [-0.4, -0.2) is 8.42 Å². The molecule has 0 N–H and O–H groups in total. The molecule has 0 atom stereocenters. The molecule has 2 aromatic carbocycles. The lowest BCUT2D eigenvalue weighted by molar-refractivity contribution is -0.140. The van der Waals surface area contributed by atoms with Crippen molar-refractivity contribution in [3.8, 4) is 0 Å². The quantitative estimate of drug-likeness (QED) is 0.603. The van der Waals surface area contributed by atoms with Crippen LogP contribution in [-0.2, 0) is 16.0 Å². The van der Waals surface area contributed by atoms with Crippen LogP contribution in [0, 0.1) is 5.82 Å². The Hall–Kier alpha value is -1.60. The van der Waals surface area contributed by atoms with Crippen LogP contribution >= 0.6 is 11.6 Å². The first-order valence-corrected chi connectivity index (χ1v) is 7.36. The molecule has 0 aliphatic rings. The second-order valence-corrected chi connectivity index (χ2v) is 6.48. The smallest absolute Gasteiger partial charge is 0.219 e. The second kappa shape index (κ2) is 5.31. The summed E-state index contributed by atoms with van der Waals surface area (Å²) in [6, 6.07) is 6.45. The molecule has 0 aliphatic heterocycles. The van der Waals surface area contributed by atoms with Gasteiger partial charge in [0.2, 0.25) is 9.84 Å². The Labute approximate surface area is 122 Å². The fourth-order valence-corrected chi connectivity index (χ4v) is 3.05. The van der Waals surface area contributed by atoms with Crippen molar-refractivity contribution in [2.45, 2.75) is 16.0 Å². The molecule has 0 saturated carbocycles. The number of hydrogen-bond donors (Lipinski definition) is 0. The van der Waals surface area contributed by atoms with Crippen molar-refractivity contribution in [1.29, 1.82) is 0 Å². The highest BCUT2D eigenvalue weighted by Gasteiger charge is 2.35. The first-order chi connectivity index (χ1) is 9.62. The van der Waals surface area contributed by atoms with Crippen molar-refractivity contribution >= 4 is 21.4 Å². The standard InChI is InChI=1S/C13H7ClF4O2S/c14-8-1-3-9(4-2-8)21(19,20)10-5-6-12(15)11(7-10)13(16,17)18/h1-7H. The van der Waals surface area contributed by atoms with Gasteiger partial charge in [0.25, 0.3) is 0 Å². The molecule has 0 fully saturated rings. The molecule has 21 heavy (non-hydrogen) atoms. The summed E-state index contributed by atoms with van der Waals surface area (Å²) in [6.45, 7) is 0. The maximum absolute atomic E-state index is 13.2. The number of alkyl halides is 3.